The Morgan fingerprint density at radius 1 is 1.56 bits per heavy atom. The van der Waals surface area contributed by atoms with E-state index >= 15 is 0 Å². The summed E-state index contributed by atoms with van der Waals surface area (Å²) in [6, 6.07) is 0. The molecule has 0 spiro atoms. The first-order valence-electron chi connectivity index (χ1n) is 2.07. The van der Waals surface area contributed by atoms with Crippen LogP contribution in [0.1, 0.15) is 6.42 Å². The maximum absolute atomic E-state index is 10.0. The normalized spacial score (nSPS) is 13.8. The van der Waals surface area contributed by atoms with Crippen molar-refractivity contribution in [3.63, 3.8) is 0 Å². The Morgan fingerprint density at radius 2 is 2.00 bits per heavy atom. The molecule has 0 aromatic rings. The molecular formula is C3H4O2P2S2. The fraction of sp³-hybridized carbons (Fsp3) is 0.667. The van der Waals surface area contributed by atoms with E-state index in [4.69, 9.17) is 5.11 Å². The van der Waals surface area contributed by atoms with Crippen LogP contribution in [0, 0.1) is 0 Å². The van der Waals surface area contributed by atoms with Crippen LogP contribution in [0.4, 0.5) is 0 Å². The Balaban J connectivity index is 3.68. The van der Waals surface area contributed by atoms with Gasteiger partial charge in [-0.1, -0.05) is 23.6 Å². The Morgan fingerprint density at radius 3 is 2.11 bits per heavy atom. The van der Waals surface area contributed by atoms with Crippen molar-refractivity contribution < 1.29 is 9.90 Å². The van der Waals surface area contributed by atoms with Gasteiger partial charge in [-0.2, -0.15) is 0 Å². The molecule has 0 aromatic carbocycles. The Hall–Kier alpha value is 0.510. The lowest BCUT2D eigenvalue weighted by atomic mass is 10.5. The van der Waals surface area contributed by atoms with Crippen molar-refractivity contribution in [2.75, 3.05) is 0 Å². The van der Waals surface area contributed by atoms with Gasteiger partial charge in [-0.15, -0.1) is 0 Å². The SMILES string of the molecule is O=C(O)CC(P=S)P=S. The molecule has 1 N–H and O–H groups in total. The molecule has 0 unspecified atom stereocenters. The van der Waals surface area contributed by atoms with Crippen LogP contribution in [-0.2, 0) is 28.4 Å². The minimum absolute atomic E-state index is 0.0486. The molecule has 0 aliphatic carbocycles. The van der Waals surface area contributed by atoms with Crippen LogP contribution in [0.25, 0.3) is 0 Å². The highest BCUT2D eigenvalue weighted by molar-refractivity contribution is 8.05. The number of carboxylic acid groups (broad SMARTS) is 1. The molecule has 2 nitrogen and oxygen atoms in total. The van der Waals surface area contributed by atoms with Crippen molar-refractivity contribution in [3.05, 3.63) is 0 Å². The summed E-state index contributed by atoms with van der Waals surface area (Å²) in [4.78, 5) is 10.0. The summed E-state index contributed by atoms with van der Waals surface area (Å²) in [5.41, 5.74) is 0. The Kier molecular flexibility index (Phi) is 5.61. The molecule has 0 radical (unpaired) electrons. The van der Waals surface area contributed by atoms with Gasteiger partial charge < -0.3 is 5.11 Å². The maximum Gasteiger partial charge on any atom is 0.305 e. The molecule has 0 amide bonds. The van der Waals surface area contributed by atoms with E-state index in [2.05, 4.69) is 23.6 Å². The van der Waals surface area contributed by atoms with Crippen LogP contribution < -0.4 is 0 Å². The molecule has 0 atom stereocenters. The average Bonchev–Trinajstić information content (AvgIpc) is 1.82. The van der Waals surface area contributed by atoms with Gasteiger partial charge in [-0.3, -0.25) is 4.79 Å². The van der Waals surface area contributed by atoms with Crippen LogP contribution in [0.3, 0.4) is 0 Å². The van der Waals surface area contributed by atoms with Gasteiger partial charge in [0.15, 0.2) is 0 Å². The standard InChI is InChI=1S/C3H4O2P2S2/c4-2(5)1-3(6-8)7-9/h3H,1H2,(H,4,5). The lowest BCUT2D eigenvalue weighted by Crippen LogP contribution is -1.99. The van der Waals surface area contributed by atoms with Crippen molar-refractivity contribution in [2.45, 2.75) is 11.8 Å². The van der Waals surface area contributed by atoms with Crippen LogP contribution in [0.2, 0.25) is 0 Å². The Bertz CT molecular complexity index is 130. The van der Waals surface area contributed by atoms with Crippen molar-refractivity contribution >= 4 is 44.3 Å². The summed E-state index contributed by atoms with van der Waals surface area (Å²) in [5, 5.41) is 8.20. The first-order chi connectivity index (χ1) is 4.20. The number of rotatable bonds is 4. The van der Waals surface area contributed by atoms with E-state index < -0.39 is 5.97 Å². The molecule has 0 bridgehead atoms. The predicted molar refractivity (Wildman–Crippen MR) is 44.6 cm³/mol. The molecule has 0 aliphatic rings. The zero-order chi connectivity index (χ0) is 7.28. The molecule has 0 aliphatic heterocycles. The molecule has 0 fully saturated rings. The van der Waals surface area contributed by atoms with Crippen LogP contribution in [0.5, 0.6) is 0 Å². The second kappa shape index (κ2) is 5.31. The van der Waals surface area contributed by atoms with Gasteiger partial charge in [0.05, 0.1) is 11.8 Å². The van der Waals surface area contributed by atoms with Crippen molar-refractivity contribution in [1.29, 1.82) is 0 Å². The fourth-order valence-corrected chi connectivity index (χ4v) is 2.70. The molecule has 0 saturated heterocycles. The van der Waals surface area contributed by atoms with Gasteiger partial charge in [0, 0.05) is 0 Å². The van der Waals surface area contributed by atoms with Gasteiger partial charge in [0.25, 0.3) is 0 Å². The topological polar surface area (TPSA) is 37.3 Å². The van der Waals surface area contributed by atoms with Gasteiger partial charge in [0.1, 0.15) is 0 Å². The highest BCUT2D eigenvalue weighted by Crippen LogP contribution is 2.22. The summed E-state index contributed by atoms with van der Waals surface area (Å²) < 4.78 is 0. The third-order valence-corrected chi connectivity index (χ3v) is 4.61. The van der Waals surface area contributed by atoms with E-state index in [-0.39, 0.29) is 11.8 Å². The minimum Gasteiger partial charge on any atom is -0.481 e. The van der Waals surface area contributed by atoms with E-state index in [1.54, 1.807) is 0 Å². The first-order valence-corrected chi connectivity index (χ1v) is 6.03. The van der Waals surface area contributed by atoms with E-state index in [0.717, 1.165) is 0 Å². The quantitative estimate of drug-likeness (QED) is 0.696. The average molecular weight is 198 g/mol. The molecule has 0 saturated carbocycles. The third-order valence-electron chi connectivity index (χ3n) is 0.601. The van der Waals surface area contributed by atoms with Gasteiger partial charge >= 0.3 is 5.97 Å². The first kappa shape index (κ1) is 9.51. The third kappa shape index (κ3) is 4.98. The number of hydrogen-bond acceptors (Lipinski definition) is 3. The van der Waals surface area contributed by atoms with Crippen molar-refractivity contribution in [3.8, 4) is 0 Å². The second-order valence-electron chi connectivity index (χ2n) is 1.29. The molecule has 50 valence electrons. The summed E-state index contributed by atoms with van der Waals surface area (Å²) in [6.45, 7) is 0. The molecule has 0 rings (SSSR count). The van der Waals surface area contributed by atoms with Crippen molar-refractivity contribution in [1.82, 2.24) is 0 Å². The lowest BCUT2D eigenvalue weighted by molar-refractivity contribution is -0.136. The Labute approximate surface area is 66.3 Å². The van der Waals surface area contributed by atoms with Crippen LogP contribution >= 0.6 is 14.7 Å². The number of carboxylic acids is 1. The highest BCUT2D eigenvalue weighted by atomic mass is 32.4. The molecular weight excluding hydrogens is 194 g/mol. The van der Waals surface area contributed by atoms with Crippen LogP contribution in [-0.4, -0.2) is 16.5 Å². The second-order valence-corrected chi connectivity index (χ2v) is 4.63. The number of carbonyl (C=O) groups is 1. The summed E-state index contributed by atoms with van der Waals surface area (Å²) in [5.74, 6) is -0.824. The van der Waals surface area contributed by atoms with Gasteiger partial charge in [0.2, 0.25) is 0 Å². The number of hydrogen-bond donors (Lipinski definition) is 1. The zero-order valence-corrected chi connectivity index (χ0v) is 7.77. The lowest BCUT2D eigenvalue weighted by Gasteiger charge is -1.94. The maximum atomic E-state index is 10.0. The minimum atomic E-state index is -0.824. The monoisotopic (exact) mass is 198 g/mol. The summed E-state index contributed by atoms with van der Waals surface area (Å²) in [7, 11) is 1.31. The smallest absolute Gasteiger partial charge is 0.305 e. The van der Waals surface area contributed by atoms with Gasteiger partial charge in [-0.25, -0.2) is 0 Å². The number of aliphatic carboxylic acids is 1. The predicted octanol–water partition coefficient (Wildman–Crippen LogP) is 1.60. The van der Waals surface area contributed by atoms with Crippen molar-refractivity contribution in [2.24, 2.45) is 0 Å². The summed E-state index contributed by atoms with van der Waals surface area (Å²) in [6.07, 6.45) is 0.0934. The van der Waals surface area contributed by atoms with Gasteiger partial charge in [-0.05, 0) is 14.7 Å². The molecule has 6 heteroatoms. The van der Waals surface area contributed by atoms with E-state index in [1.165, 1.54) is 0 Å². The largest absolute Gasteiger partial charge is 0.481 e. The highest BCUT2D eigenvalue weighted by Gasteiger charge is 2.06. The van der Waals surface area contributed by atoms with E-state index in [9.17, 15) is 4.79 Å². The summed E-state index contributed by atoms with van der Waals surface area (Å²) >= 11 is 9.25. The van der Waals surface area contributed by atoms with Crippen LogP contribution in [0.15, 0.2) is 0 Å². The molecule has 0 aromatic heterocycles. The zero-order valence-electron chi connectivity index (χ0n) is 4.35. The van der Waals surface area contributed by atoms with E-state index in [0.29, 0.717) is 14.7 Å². The molecule has 9 heavy (non-hydrogen) atoms. The van der Waals surface area contributed by atoms with E-state index in [1.807, 2.05) is 0 Å². The fourth-order valence-electron chi connectivity index (χ4n) is 0.250. The molecule has 0 heterocycles.